The Balaban J connectivity index is 1.71. The minimum absolute atomic E-state index is 0.0838. The highest BCUT2D eigenvalue weighted by Crippen LogP contribution is 2.55. The van der Waals surface area contributed by atoms with Crippen LogP contribution in [0.15, 0.2) is 65.0 Å². The molecule has 0 amide bonds. The summed E-state index contributed by atoms with van der Waals surface area (Å²) in [5.74, 6) is -1.36. The second-order valence-corrected chi connectivity index (χ2v) is 13.5. The molecular weight excluding hydrogens is 549 g/mol. The maximum atomic E-state index is 13.9. The Morgan fingerprint density at radius 2 is 1.40 bits per heavy atom. The number of Topliss-reactive ketones (excluding diaryl/α,β-unsaturated/α-hetero) is 2. The fourth-order valence-corrected chi connectivity index (χ4v) is 6.61. The summed E-state index contributed by atoms with van der Waals surface area (Å²) in [7, 11) is 0. The third-order valence-electron chi connectivity index (χ3n) is 7.91. The molecular formula is C32H33Cl2NO5. The van der Waals surface area contributed by atoms with Crippen molar-refractivity contribution in [2.45, 2.75) is 65.9 Å². The number of carboxylic acid groups (broad SMARTS) is 1. The SMILES string of the molecule is CC1(C)CC(=O)C2=C(C1)N(CC(=O)O)C1=C(C(=O)CC(C)(C)C1)C2c1cc(Cl)ccc1OCc1ccc(Cl)cc1. The van der Waals surface area contributed by atoms with E-state index >= 15 is 0 Å². The van der Waals surface area contributed by atoms with Crippen LogP contribution in [0.1, 0.15) is 70.4 Å². The smallest absolute Gasteiger partial charge is 0.323 e. The van der Waals surface area contributed by atoms with Crippen molar-refractivity contribution in [3.63, 3.8) is 0 Å². The average Bonchev–Trinajstić information content (AvgIpc) is 2.83. The number of allylic oxidation sites excluding steroid dienone is 4. The van der Waals surface area contributed by atoms with Gasteiger partial charge in [-0.1, -0.05) is 63.0 Å². The van der Waals surface area contributed by atoms with Crippen LogP contribution in [0.25, 0.3) is 0 Å². The van der Waals surface area contributed by atoms with Crippen molar-refractivity contribution < 1.29 is 24.2 Å². The molecule has 0 fully saturated rings. The largest absolute Gasteiger partial charge is 0.489 e. The molecule has 210 valence electrons. The summed E-state index contributed by atoms with van der Waals surface area (Å²) >= 11 is 12.6. The highest BCUT2D eigenvalue weighted by molar-refractivity contribution is 6.31. The van der Waals surface area contributed by atoms with Gasteiger partial charge in [0.1, 0.15) is 18.9 Å². The molecule has 0 spiro atoms. The van der Waals surface area contributed by atoms with Crippen LogP contribution in [0.4, 0.5) is 0 Å². The van der Waals surface area contributed by atoms with E-state index in [0.29, 0.717) is 69.6 Å². The van der Waals surface area contributed by atoms with Crippen LogP contribution < -0.4 is 4.74 Å². The monoisotopic (exact) mass is 581 g/mol. The fourth-order valence-electron chi connectivity index (χ4n) is 6.30. The van der Waals surface area contributed by atoms with Gasteiger partial charge in [0.2, 0.25) is 0 Å². The van der Waals surface area contributed by atoms with E-state index < -0.39 is 11.9 Å². The summed E-state index contributed by atoms with van der Waals surface area (Å²) in [6.07, 6.45) is 1.63. The second kappa shape index (κ2) is 10.4. The summed E-state index contributed by atoms with van der Waals surface area (Å²) in [4.78, 5) is 41.7. The first-order valence-corrected chi connectivity index (χ1v) is 14.2. The molecule has 0 bridgehead atoms. The minimum atomic E-state index is -1.02. The van der Waals surface area contributed by atoms with Gasteiger partial charge >= 0.3 is 5.97 Å². The lowest BCUT2D eigenvalue weighted by Gasteiger charge is -2.48. The van der Waals surface area contributed by atoms with Crippen molar-refractivity contribution in [3.8, 4) is 5.75 Å². The van der Waals surface area contributed by atoms with E-state index in [-0.39, 0.29) is 35.5 Å². The molecule has 8 heteroatoms. The number of carbonyl (C=O) groups is 3. The second-order valence-electron chi connectivity index (χ2n) is 12.6. The van der Waals surface area contributed by atoms with Gasteiger partial charge in [-0.3, -0.25) is 14.4 Å². The van der Waals surface area contributed by atoms with Crippen LogP contribution in [0.5, 0.6) is 5.75 Å². The zero-order chi connectivity index (χ0) is 29.0. The maximum absolute atomic E-state index is 13.9. The zero-order valence-corrected chi connectivity index (χ0v) is 24.7. The number of hydrogen-bond acceptors (Lipinski definition) is 5. The fraction of sp³-hybridized carbons (Fsp3) is 0.406. The third-order valence-corrected chi connectivity index (χ3v) is 8.39. The Kier molecular flexibility index (Phi) is 7.38. The quantitative estimate of drug-likeness (QED) is 0.384. The maximum Gasteiger partial charge on any atom is 0.323 e. The van der Waals surface area contributed by atoms with Gasteiger partial charge in [0.15, 0.2) is 11.6 Å². The number of carbonyl (C=O) groups excluding carboxylic acids is 2. The number of ketones is 2. The van der Waals surface area contributed by atoms with Crippen molar-refractivity contribution in [2.24, 2.45) is 10.8 Å². The predicted molar refractivity (Wildman–Crippen MR) is 154 cm³/mol. The highest BCUT2D eigenvalue weighted by atomic mass is 35.5. The lowest BCUT2D eigenvalue weighted by Crippen LogP contribution is -2.45. The molecule has 3 aliphatic rings. The number of rotatable bonds is 6. The van der Waals surface area contributed by atoms with Crippen LogP contribution >= 0.6 is 23.2 Å². The Morgan fingerprint density at radius 1 is 0.875 bits per heavy atom. The van der Waals surface area contributed by atoms with Crippen LogP contribution in [0.2, 0.25) is 10.0 Å². The Hall–Kier alpha value is -3.09. The van der Waals surface area contributed by atoms with E-state index in [0.717, 1.165) is 5.56 Å². The average molecular weight is 583 g/mol. The summed E-state index contributed by atoms with van der Waals surface area (Å²) in [6.45, 7) is 8.01. The van der Waals surface area contributed by atoms with Gasteiger partial charge in [-0.25, -0.2) is 0 Å². The molecule has 0 saturated carbocycles. The lowest BCUT2D eigenvalue weighted by molar-refractivity contribution is -0.138. The molecule has 1 aliphatic heterocycles. The molecule has 1 heterocycles. The molecule has 2 aromatic carbocycles. The van der Waals surface area contributed by atoms with Crippen LogP contribution in [-0.4, -0.2) is 34.1 Å². The van der Waals surface area contributed by atoms with Crippen molar-refractivity contribution in [1.82, 2.24) is 4.90 Å². The van der Waals surface area contributed by atoms with Gasteiger partial charge in [0, 0.05) is 56.9 Å². The standard InChI is InChI=1S/C32H33Cl2NO5/c1-31(2)12-22-29(24(36)14-31)28(30-23(35(22)16-27(38)39)13-32(3,4)15-25(30)37)21-11-20(34)9-10-26(21)40-17-18-5-7-19(33)8-6-18/h5-11,28H,12-17H2,1-4H3,(H,38,39). The molecule has 2 aliphatic carbocycles. The minimum Gasteiger partial charge on any atom is -0.489 e. The molecule has 0 aromatic heterocycles. The third kappa shape index (κ3) is 5.57. The van der Waals surface area contributed by atoms with Crippen molar-refractivity contribution in [3.05, 3.63) is 86.2 Å². The van der Waals surface area contributed by atoms with Gasteiger partial charge in [0.05, 0.1) is 0 Å². The Bertz CT molecular complexity index is 1410. The molecule has 0 atom stereocenters. The summed E-state index contributed by atoms with van der Waals surface area (Å²) in [5.41, 5.74) is 3.15. The van der Waals surface area contributed by atoms with Gasteiger partial charge < -0.3 is 14.7 Å². The first kappa shape index (κ1) is 28.4. The number of benzene rings is 2. The molecule has 6 nitrogen and oxygen atoms in total. The van der Waals surface area contributed by atoms with E-state index in [1.165, 1.54) is 0 Å². The Morgan fingerprint density at radius 3 is 1.93 bits per heavy atom. The number of aliphatic carboxylic acids is 1. The molecule has 0 unspecified atom stereocenters. The first-order valence-electron chi connectivity index (χ1n) is 13.4. The van der Waals surface area contributed by atoms with Crippen LogP contribution in [0, 0.1) is 10.8 Å². The number of nitrogens with zero attached hydrogens (tertiary/aromatic N) is 1. The lowest BCUT2D eigenvalue weighted by atomic mass is 9.63. The summed E-state index contributed by atoms with van der Waals surface area (Å²) in [6, 6.07) is 12.6. The van der Waals surface area contributed by atoms with E-state index in [2.05, 4.69) is 0 Å². The van der Waals surface area contributed by atoms with Crippen molar-refractivity contribution >= 4 is 40.7 Å². The van der Waals surface area contributed by atoms with Crippen molar-refractivity contribution in [1.29, 1.82) is 0 Å². The van der Waals surface area contributed by atoms with Gasteiger partial charge in [-0.15, -0.1) is 0 Å². The summed E-state index contributed by atoms with van der Waals surface area (Å²) < 4.78 is 6.30. The zero-order valence-electron chi connectivity index (χ0n) is 23.1. The molecule has 2 aromatic rings. The molecule has 0 radical (unpaired) electrons. The number of ether oxygens (including phenoxy) is 1. The number of carboxylic acids is 1. The normalized spacial score (nSPS) is 20.4. The number of halogens is 2. The molecule has 1 N–H and O–H groups in total. The first-order chi connectivity index (χ1) is 18.7. The predicted octanol–water partition coefficient (Wildman–Crippen LogP) is 7.34. The molecule has 40 heavy (non-hydrogen) atoms. The van der Waals surface area contributed by atoms with E-state index in [1.807, 2.05) is 39.8 Å². The van der Waals surface area contributed by atoms with Gasteiger partial charge in [-0.2, -0.15) is 0 Å². The topological polar surface area (TPSA) is 83.9 Å². The van der Waals surface area contributed by atoms with Gasteiger partial charge in [-0.05, 0) is 59.6 Å². The molecule has 0 saturated heterocycles. The van der Waals surface area contributed by atoms with Crippen LogP contribution in [0.3, 0.4) is 0 Å². The van der Waals surface area contributed by atoms with Crippen LogP contribution in [-0.2, 0) is 21.0 Å². The van der Waals surface area contributed by atoms with E-state index in [4.69, 9.17) is 27.9 Å². The van der Waals surface area contributed by atoms with E-state index in [9.17, 15) is 19.5 Å². The Labute approximate surface area is 244 Å². The van der Waals surface area contributed by atoms with Gasteiger partial charge in [0.25, 0.3) is 0 Å². The van der Waals surface area contributed by atoms with E-state index in [1.54, 1.807) is 35.2 Å². The summed E-state index contributed by atoms with van der Waals surface area (Å²) in [5, 5.41) is 11.0. The highest BCUT2D eigenvalue weighted by Gasteiger charge is 2.49. The van der Waals surface area contributed by atoms with Crippen molar-refractivity contribution in [2.75, 3.05) is 6.54 Å². The number of hydrogen-bond donors (Lipinski definition) is 1. The molecule has 5 rings (SSSR count).